The molecular formula is C17H27ClN2O. The minimum atomic E-state index is 0.322. The summed E-state index contributed by atoms with van der Waals surface area (Å²) < 4.78 is 0. The molecule has 0 aromatic heterocycles. The van der Waals surface area contributed by atoms with Gasteiger partial charge in [0.1, 0.15) is 0 Å². The molecule has 21 heavy (non-hydrogen) atoms. The molecule has 0 amide bonds. The lowest BCUT2D eigenvalue weighted by molar-refractivity contribution is 0.143. The number of benzene rings is 1. The van der Waals surface area contributed by atoms with Crippen LogP contribution in [-0.4, -0.2) is 43.3 Å². The molecule has 3 nitrogen and oxygen atoms in total. The average Bonchev–Trinajstić information content (AvgIpc) is 2.50. The summed E-state index contributed by atoms with van der Waals surface area (Å²) in [5.74, 6) is 0.673. The van der Waals surface area contributed by atoms with Crippen LogP contribution in [0.3, 0.4) is 0 Å². The molecule has 0 radical (unpaired) electrons. The van der Waals surface area contributed by atoms with Crippen molar-refractivity contribution in [3.8, 4) is 0 Å². The van der Waals surface area contributed by atoms with Gasteiger partial charge in [-0.3, -0.25) is 0 Å². The van der Waals surface area contributed by atoms with Gasteiger partial charge in [-0.25, -0.2) is 0 Å². The lowest BCUT2D eigenvalue weighted by atomic mass is 9.94. The number of hydrogen-bond donors (Lipinski definition) is 2. The topological polar surface area (TPSA) is 35.5 Å². The van der Waals surface area contributed by atoms with E-state index in [1.807, 2.05) is 19.2 Å². The lowest BCUT2D eigenvalue weighted by Gasteiger charge is -2.33. The molecule has 1 aromatic carbocycles. The third-order valence-electron chi connectivity index (χ3n) is 4.50. The zero-order valence-electron chi connectivity index (χ0n) is 12.9. The molecule has 2 unspecified atom stereocenters. The largest absolute Gasteiger partial charge is 0.396 e. The van der Waals surface area contributed by atoms with E-state index in [0.29, 0.717) is 18.6 Å². The fraction of sp³-hybridized carbons (Fsp3) is 0.647. The first-order chi connectivity index (χ1) is 10.2. The van der Waals surface area contributed by atoms with Crippen molar-refractivity contribution in [3.63, 3.8) is 0 Å². The maximum Gasteiger partial charge on any atom is 0.0434 e. The molecule has 0 bridgehead atoms. The van der Waals surface area contributed by atoms with Crippen molar-refractivity contribution >= 4 is 11.6 Å². The van der Waals surface area contributed by atoms with Crippen LogP contribution in [0.15, 0.2) is 24.3 Å². The standard InChI is InChI=1S/C17H27ClN2O/c1-19-17(15-4-6-16(18)7-5-15)8-11-20-10-2-3-14(13-20)9-12-21/h4-7,14,17,19,21H,2-3,8-13H2,1H3. The summed E-state index contributed by atoms with van der Waals surface area (Å²) in [6.45, 7) is 3.76. The van der Waals surface area contributed by atoms with Crippen LogP contribution in [0, 0.1) is 5.92 Å². The number of nitrogens with one attached hydrogen (secondary N) is 1. The summed E-state index contributed by atoms with van der Waals surface area (Å²) in [7, 11) is 2.02. The van der Waals surface area contributed by atoms with E-state index >= 15 is 0 Å². The van der Waals surface area contributed by atoms with Gasteiger partial charge >= 0.3 is 0 Å². The second-order valence-corrected chi connectivity index (χ2v) is 6.44. The lowest BCUT2D eigenvalue weighted by Crippen LogP contribution is -2.37. The number of nitrogens with zero attached hydrogens (tertiary/aromatic N) is 1. The summed E-state index contributed by atoms with van der Waals surface area (Å²) >= 11 is 5.96. The molecule has 0 saturated carbocycles. The molecule has 118 valence electrons. The molecule has 1 aromatic rings. The number of rotatable bonds is 7. The molecule has 1 aliphatic rings. The molecule has 2 N–H and O–H groups in total. The highest BCUT2D eigenvalue weighted by Gasteiger charge is 2.20. The second kappa shape index (κ2) is 8.74. The van der Waals surface area contributed by atoms with Gasteiger partial charge in [-0.2, -0.15) is 0 Å². The van der Waals surface area contributed by atoms with E-state index in [0.717, 1.165) is 31.0 Å². The Morgan fingerprint density at radius 1 is 1.38 bits per heavy atom. The van der Waals surface area contributed by atoms with Crippen molar-refractivity contribution in [1.29, 1.82) is 0 Å². The Hall–Kier alpha value is -0.610. The van der Waals surface area contributed by atoms with E-state index in [4.69, 9.17) is 16.7 Å². The summed E-state index contributed by atoms with van der Waals surface area (Å²) in [5, 5.41) is 13.3. The van der Waals surface area contributed by atoms with E-state index in [9.17, 15) is 0 Å². The van der Waals surface area contributed by atoms with Crippen LogP contribution in [0.4, 0.5) is 0 Å². The molecular weight excluding hydrogens is 284 g/mol. The third kappa shape index (κ3) is 5.26. The van der Waals surface area contributed by atoms with Gasteiger partial charge in [-0.05, 0) is 69.4 Å². The fourth-order valence-electron chi connectivity index (χ4n) is 3.26. The van der Waals surface area contributed by atoms with Crippen molar-refractivity contribution in [2.45, 2.75) is 31.7 Å². The summed E-state index contributed by atoms with van der Waals surface area (Å²) in [6, 6.07) is 8.50. The predicted octanol–water partition coefficient (Wildman–Crippen LogP) is 3.09. The maximum atomic E-state index is 9.09. The quantitative estimate of drug-likeness (QED) is 0.812. The minimum Gasteiger partial charge on any atom is -0.396 e. The highest BCUT2D eigenvalue weighted by molar-refractivity contribution is 6.30. The normalized spacial score (nSPS) is 21.4. The van der Waals surface area contributed by atoms with Crippen molar-refractivity contribution in [3.05, 3.63) is 34.9 Å². The van der Waals surface area contributed by atoms with Crippen LogP contribution in [0.25, 0.3) is 0 Å². The SMILES string of the molecule is CNC(CCN1CCCC(CCO)C1)c1ccc(Cl)cc1. The first-order valence-electron chi connectivity index (χ1n) is 7.99. The summed E-state index contributed by atoms with van der Waals surface area (Å²) in [5.41, 5.74) is 1.30. The number of aliphatic hydroxyl groups is 1. The third-order valence-corrected chi connectivity index (χ3v) is 4.75. The van der Waals surface area contributed by atoms with Crippen molar-refractivity contribution in [2.75, 3.05) is 33.3 Å². The molecule has 1 aliphatic heterocycles. The Labute approximate surface area is 133 Å². The number of piperidine rings is 1. The Balaban J connectivity index is 1.83. The molecule has 0 aliphatic carbocycles. The number of aliphatic hydroxyl groups excluding tert-OH is 1. The van der Waals surface area contributed by atoms with Gasteiger partial charge in [0, 0.05) is 24.2 Å². The molecule has 1 saturated heterocycles. The summed E-state index contributed by atoms with van der Waals surface area (Å²) in [4.78, 5) is 2.55. The van der Waals surface area contributed by atoms with Gasteiger partial charge in [-0.15, -0.1) is 0 Å². The first kappa shape index (κ1) is 16.8. The average molecular weight is 311 g/mol. The first-order valence-corrected chi connectivity index (χ1v) is 8.36. The number of likely N-dealkylation sites (tertiary alicyclic amines) is 1. The van der Waals surface area contributed by atoms with Gasteiger partial charge in [0.05, 0.1) is 0 Å². The Kier molecular flexibility index (Phi) is 6.97. The zero-order chi connectivity index (χ0) is 15.1. The van der Waals surface area contributed by atoms with E-state index in [1.165, 1.54) is 24.9 Å². The van der Waals surface area contributed by atoms with E-state index < -0.39 is 0 Å². The van der Waals surface area contributed by atoms with Crippen LogP contribution >= 0.6 is 11.6 Å². The van der Waals surface area contributed by atoms with Crippen molar-refractivity contribution in [2.24, 2.45) is 5.92 Å². The van der Waals surface area contributed by atoms with Crippen LogP contribution in [-0.2, 0) is 0 Å². The van der Waals surface area contributed by atoms with Crippen LogP contribution in [0.2, 0.25) is 5.02 Å². The van der Waals surface area contributed by atoms with Crippen LogP contribution in [0.5, 0.6) is 0 Å². The van der Waals surface area contributed by atoms with Gasteiger partial charge in [-0.1, -0.05) is 23.7 Å². The monoisotopic (exact) mass is 310 g/mol. The number of hydrogen-bond acceptors (Lipinski definition) is 3. The number of halogens is 1. The molecule has 1 heterocycles. The van der Waals surface area contributed by atoms with Crippen molar-refractivity contribution < 1.29 is 5.11 Å². The molecule has 2 atom stereocenters. The van der Waals surface area contributed by atoms with Gasteiger partial charge < -0.3 is 15.3 Å². The molecule has 1 fully saturated rings. The fourth-order valence-corrected chi connectivity index (χ4v) is 3.38. The summed E-state index contributed by atoms with van der Waals surface area (Å²) in [6.07, 6.45) is 4.58. The molecule has 4 heteroatoms. The highest BCUT2D eigenvalue weighted by Crippen LogP contribution is 2.23. The van der Waals surface area contributed by atoms with Gasteiger partial charge in [0.15, 0.2) is 0 Å². The zero-order valence-corrected chi connectivity index (χ0v) is 13.6. The van der Waals surface area contributed by atoms with E-state index in [1.54, 1.807) is 0 Å². The Morgan fingerprint density at radius 3 is 2.81 bits per heavy atom. The predicted molar refractivity (Wildman–Crippen MR) is 88.7 cm³/mol. The van der Waals surface area contributed by atoms with Crippen molar-refractivity contribution in [1.82, 2.24) is 10.2 Å². The highest BCUT2D eigenvalue weighted by atomic mass is 35.5. The van der Waals surface area contributed by atoms with E-state index in [-0.39, 0.29) is 0 Å². The molecule has 0 spiro atoms. The molecule has 2 rings (SSSR count). The Morgan fingerprint density at radius 2 is 2.14 bits per heavy atom. The van der Waals surface area contributed by atoms with E-state index in [2.05, 4.69) is 22.3 Å². The van der Waals surface area contributed by atoms with Crippen LogP contribution in [0.1, 0.15) is 37.3 Å². The Bertz CT molecular complexity index is 408. The van der Waals surface area contributed by atoms with Crippen LogP contribution < -0.4 is 5.32 Å². The second-order valence-electron chi connectivity index (χ2n) is 6.00. The maximum absolute atomic E-state index is 9.09. The van der Waals surface area contributed by atoms with Gasteiger partial charge in [0.25, 0.3) is 0 Å². The minimum absolute atomic E-state index is 0.322. The van der Waals surface area contributed by atoms with Gasteiger partial charge in [0.2, 0.25) is 0 Å². The smallest absolute Gasteiger partial charge is 0.0434 e.